The van der Waals surface area contributed by atoms with E-state index < -0.39 is 11.0 Å². The lowest BCUT2D eigenvalue weighted by molar-refractivity contribution is -0.126. The summed E-state index contributed by atoms with van der Waals surface area (Å²) in [6.45, 7) is 0. The van der Waals surface area contributed by atoms with Gasteiger partial charge < -0.3 is 15.9 Å². The van der Waals surface area contributed by atoms with Crippen LogP contribution in [0.25, 0.3) is 0 Å². The van der Waals surface area contributed by atoms with Gasteiger partial charge in [-0.15, -0.1) is 0 Å². The number of carbonyl (C=O) groups is 1. The molecular formula is C10H10ClN3O2. The normalized spacial score (nSPS) is 23.9. The van der Waals surface area contributed by atoms with Crippen molar-refractivity contribution in [3.8, 4) is 5.75 Å². The molecule has 2 rings (SSSR count). The van der Waals surface area contributed by atoms with E-state index in [1.54, 1.807) is 24.3 Å². The van der Waals surface area contributed by atoms with Gasteiger partial charge in [0.1, 0.15) is 5.75 Å². The maximum absolute atomic E-state index is 11.5. The number of anilines is 1. The Kier molecular flexibility index (Phi) is 2.72. The van der Waals surface area contributed by atoms with Crippen LogP contribution in [-0.4, -0.2) is 11.0 Å². The smallest absolute Gasteiger partial charge is 0.318 e. The predicted octanol–water partition coefficient (Wildman–Crippen LogP) is 0.731. The Balaban J connectivity index is 2.24. The first kappa shape index (κ1) is 10.8. The first-order valence-electron chi connectivity index (χ1n) is 4.58. The van der Waals surface area contributed by atoms with Crippen LogP contribution >= 0.6 is 11.6 Å². The summed E-state index contributed by atoms with van der Waals surface area (Å²) in [5.74, 6) is -0.0633. The van der Waals surface area contributed by atoms with Gasteiger partial charge in [-0.05, 0) is 23.7 Å². The molecule has 0 amide bonds. The van der Waals surface area contributed by atoms with Crippen LogP contribution in [0.15, 0.2) is 36.5 Å². The number of hydrazine groups is 1. The molecule has 0 saturated heterocycles. The molecule has 84 valence electrons. The molecule has 4 N–H and O–H groups in total. The van der Waals surface area contributed by atoms with E-state index in [2.05, 4.69) is 10.9 Å². The van der Waals surface area contributed by atoms with Crippen molar-refractivity contribution in [2.45, 2.75) is 5.18 Å². The fourth-order valence-corrected chi connectivity index (χ4v) is 1.42. The molecular weight excluding hydrogens is 230 g/mol. The minimum Gasteiger partial charge on any atom is -0.448 e. The van der Waals surface area contributed by atoms with Crippen LogP contribution < -0.4 is 21.3 Å². The molecule has 0 radical (unpaired) electrons. The van der Waals surface area contributed by atoms with Gasteiger partial charge in [0.05, 0.1) is 5.69 Å². The molecule has 1 unspecified atom stereocenters. The third-order valence-corrected chi connectivity index (χ3v) is 2.40. The fraction of sp³-hybridized carbons (Fsp3) is 0.100. The molecule has 1 aliphatic heterocycles. The lowest BCUT2D eigenvalue weighted by Crippen LogP contribution is -2.58. The van der Waals surface area contributed by atoms with E-state index in [1.807, 2.05) is 0 Å². The first-order chi connectivity index (χ1) is 7.62. The van der Waals surface area contributed by atoms with Gasteiger partial charge >= 0.3 is 5.18 Å². The average molecular weight is 240 g/mol. The van der Waals surface area contributed by atoms with Crippen molar-refractivity contribution in [2.75, 3.05) is 5.73 Å². The largest absolute Gasteiger partial charge is 0.448 e. The third-order valence-electron chi connectivity index (χ3n) is 2.04. The molecule has 16 heavy (non-hydrogen) atoms. The van der Waals surface area contributed by atoms with E-state index in [1.165, 1.54) is 12.3 Å². The van der Waals surface area contributed by atoms with Crippen LogP contribution in [0.3, 0.4) is 0 Å². The van der Waals surface area contributed by atoms with E-state index in [4.69, 9.17) is 22.1 Å². The number of ether oxygens (including phenoxy) is 1. The Bertz CT molecular complexity index is 449. The maximum atomic E-state index is 11.5. The summed E-state index contributed by atoms with van der Waals surface area (Å²) in [4.78, 5) is 11.5. The van der Waals surface area contributed by atoms with Gasteiger partial charge in [0.25, 0.3) is 0 Å². The van der Waals surface area contributed by atoms with E-state index in [-0.39, 0.29) is 0 Å². The zero-order valence-electron chi connectivity index (χ0n) is 8.24. The number of alkyl halides is 1. The predicted molar refractivity (Wildman–Crippen MR) is 60.5 cm³/mol. The molecule has 1 aromatic carbocycles. The number of hydrogen-bond acceptors (Lipinski definition) is 5. The van der Waals surface area contributed by atoms with Gasteiger partial charge in [0, 0.05) is 12.3 Å². The van der Waals surface area contributed by atoms with Crippen molar-refractivity contribution in [3.63, 3.8) is 0 Å². The van der Waals surface area contributed by atoms with E-state index >= 15 is 0 Å². The summed E-state index contributed by atoms with van der Waals surface area (Å²) in [7, 11) is 0. The summed E-state index contributed by atoms with van der Waals surface area (Å²) in [5, 5.41) is -1.66. The van der Waals surface area contributed by atoms with Gasteiger partial charge in [-0.25, -0.2) is 0 Å². The Hall–Kier alpha value is -1.72. The highest BCUT2D eigenvalue weighted by molar-refractivity contribution is 6.35. The van der Waals surface area contributed by atoms with Crippen LogP contribution in [0.1, 0.15) is 0 Å². The van der Waals surface area contributed by atoms with Gasteiger partial charge in [-0.1, -0.05) is 12.1 Å². The molecule has 6 heteroatoms. The second-order valence-electron chi connectivity index (χ2n) is 3.20. The SMILES string of the molecule is Nc1ccccc1OC1(Cl)NNC=CC1=O. The Morgan fingerprint density at radius 1 is 1.38 bits per heavy atom. The minimum atomic E-state index is -1.66. The Labute approximate surface area is 97.2 Å². The molecule has 5 nitrogen and oxygen atoms in total. The van der Waals surface area contributed by atoms with Crippen molar-refractivity contribution in [1.82, 2.24) is 10.9 Å². The number of benzene rings is 1. The summed E-state index contributed by atoms with van der Waals surface area (Å²) >= 11 is 5.98. The summed E-state index contributed by atoms with van der Waals surface area (Å²) in [6, 6.07) is 6.79. The van der Waals surface area contributed by atoms with Crippen molar-refractivity contribution < 1.29 is 9.53 Å². The van der Waals surface area contributed by atoms with Crippen LogP contribution in [0.4, 0.5) is 5.69 Å². The fourth-order valence-electron chi connectivity index (χ4n) is 1.22. The number of halogens is 1. The van der Waals surface area contributed by atoms with Gasteiger partial charge in [-0.3, -0.25) is 4.79 Å². The molecule has 0 aromatic heterocycles. The Morgan fingerprint density at radius 2 is 2.12 bits per heavy atom. The van der Waals surface area contributed by atoms with E-state index in [0.717, 1.165) is 0 Å². The molecule has 1 aromatic rings. The number of nitrogen functional groups attached to an aromatic ring is 1. The Morgan fingerprint density at radius 3 is 2.81 bits per heavy atom. The summed E-state index contributed by atoms with van der Waals surface area (Å²) in [5.41, 5.74) is 11.2. The number of hydrogen-bond donors (Lipinski definition) is 3. The molecule has 1 atom stereocenters. The number of carbonyl (C=O) groups excluding carboxylic acids is 1. The average Bonchev–Trinajstić information content (AvgIpc) is 2.26. The molecule has 1 aliphatic rings. The molecule has 0 saturated carbocycles. The second-order valence-corrected chi connectivity index (χ2v) is 3.73. The molecule has 1 heterocycles. The topological polar surface area (TPSA) is 76.4 Å². The quantitative estimate of drug-likeness (QED) is 0.403. The zero-order valence-corrected chi connectivity index (χ0v) is 8.99. The number of para-hydroxylation sites is 2. The third kappa shape index (κ3) is 1.95. The maximum Gasteiger partial charge on any atom is 0.318 e. The lowest BCUT2D eigenvalue weighted by atomic mass is 10.3. The van der Waals surface area contributed by atoms with Crippen LogP contribution in [0, 0.1) is 0 Å². The summed E-state index contributed by atoms with van der Waals surface area (Å²) < 4.78 is 5.35. The van der Waals surface area contributed by atoms with Crippen molar-refractivity contribution >= 4 is 23.1 Å². The minimum absolute atomic E-state index is 0.343. The van der Waals surface area contributed by atoms with E-state index in [9.17, 15) is 4.79 Å². The number of nitrogens with two attached hydrogens (primary N) is 1. The standard InChI is InChI=1S/C10H10ClN3O2/c11-10(9(15)5-6-13-14-10)16-8-4-2-1-3-7(8)12/h1-6,13-14H,12H2. The van der Waals surface area contributed by atoms with Crippen molar-refractivity contribution in [2.24, 2.45) is 0 Å². The zero-order chi connectivity index (χ0) is 11.6. The van der Waals surface area contributed by atoms with Crippen molar-refractivity contribution in [1.29, 1.82) is 0 Å². The highest BCUT2D eigenvalue weighted by Gasteiger charge is 2.39. The molecule has 0 bridgehead atoms. The highest BCUT2D eigenvalue weighted by Crippen LogP contribution is 2.27. The van der Waals surface area contributed by atoms with Gasteiger partial charge in [0.15, 0.2) is 0 Å². The number of rotatable bonds is 2. The van der Waals surface area contributed by atoms with Gasteiger partial charge in [0.2, 0.25) is 5.78 Å². The van der Waals surface area contributed by atoms with E-state index in [0.29, 0.717) is 11.4 Å². The summed E-state index contributed by atoms with van der Waals surface area (Å²) in [6.07, 6.45) is 2.71. The molecule has 0 fully saturated rings. The molecule has 0 spiro atoms. The number of nitrogens with one attached hydrogen (secondary N) is 2. The lowest BCUT2D eigenvalue weighted by Gasteiger charge is -2.29. The van der Waals surface area contributed by atoms with Gasteiger partial charge in [-0.2, -0.15) is 5.43 Å². The first-order valence-corrected chi connectivity index (χ1v) is 4.96. The van der Waals surface area contributed by atoms with Crippen LogP contribution in [0.5, 0.6) is 5.75 Å². The van der Waals surface area contributed by atoms with Crippen molar-refractivity contribution in [3.05, 3.63) is 36.5 Å². The second kappa shape index (κ2) is 4.03. The highest BCUT2D eigenvalue weighted by atomic mass is 35.5. The van der Waals surface area contributed by atoms with Crippen LogP contribution in [-0.2, 0) is 4.79 Å². The monoisotopic (exact) mass is 239 g/mol. The molecule has 0 aliphatic carbocycles. The number of ketones is 1. The van der Waals surface area contributed by atoms with Crippen LogP contribution in [0.2, 0.25) is 0 Å².